The number of rotatable bonds is 8. The van der Waals surface area contributed by atoms with Crippen LogP contribution in [0.25, 0.3) is 0 Å². The molecule has 1 aromatic rings. The first-order chi connectivity index (χ1) is 10.7. The highest BCUT2D eigenvalue weighted by atomic mass is 19.1. The highest BCUT2D eigenvalue weighted by Crippen LogP contribution is 2.21. The summed E-state index contributed by atoms with van der Waals surface area (Å²) in [5, 5.41) is 12.4. The Bertz CT molecular complexity index is 502. The summed E-state index contributed by atoms with van der Waals surface area (Å²) < 4.78 is 13.8. The normalized spacial score (nSPS) is 14.8. The number of halogens is 1. The van der Waals surface area contributed by atoms with Crippen LogP contribution in [0.3, 0.4) is 0 Å². The summed E-state index contributed by atoms with van der Waals surface area (Å²) in [5.41, 5.74) is 3.18. The molecule has 0 aromatic heterocycles. The summed E-state index contributed by atoms with van der Waals surface area (Å²) in [6, 6.07) is 5.18. The number of aliphatic hydroxyl groups excluding tert-OH is 1. The van der Waals surface area contributed by atoms with Crippen LogP contribution >= 0.6 is 0 Å². The van der Waals surface area contributed by atoms with Gasteiger partial charge in [0.2, 0.25) is 0 Å². The summed E-state index contributed by atoms with van der Waals surface area (Å²) >= 11 is 0. The first-order valence-electron chi connectivity index (χ1n) is 8.19. The van der Waals surface area contributed by atoms with Gasteiger partial charge in [-0.05, 0) is 56.3 Å². The molecule has 0 atom stereocenters. The van der Waals surface area contributed by atoms with Gasteiger partial charge in [0, 0.05) is 20.1 Å². The number of hydrogen-bond acceptors (Lipinski definition) is 3. The van der Waals surface area contributed by atoms with Gasteiger partial charge in [-0.3, -0.25) is 0 Å². The number of hydrogen-bond donors (Lipinski definition) is 2. The molecule has 0 fully saturated rings. The van der Waals surface area contributed by atoms with Crippen molar-refractivity contribution >= 4 is 5.69 Å². The molecule has 0 bridgehead atoms. The van der Waals surface area contributed by atoms with Gasteiger partial charge in [-0.15, -0.1) is 0 Å². The molecule has 2 N–H and O–H groups in total. The van der Waals surface area contributed by atoms with Crippen molar-refractivity contribution in [3.05, 3.63) is 41.2 Å². The fraction of sp³-hybridized carbons (Fsp3) is 0.556. The standard InChI is InChI=1S/C18H27FN2O/c1-21(11-12-22)18-13-16(7-8-17(18)19)14-20-10-9-15-5-3-2-4-6-15/h5,7-8,13,20,22H,2-4,6,9-12,14H2,1H3. The molecule has 1 aromatic carbocycles. The average molecular weight is 306 g/mol. The van der Waals surface area contributed by atoms with E-state index < -0.39 is 0 Å². The van der Waals surface area contributed by atoms with Crippen molar-refractivity contribution in [2.75, 3.05) is 31.6 Å². The van der Waals surface area contributed by atoms with Crippen molar-refractivity contribution in [2.45, 2.75) is 38.6 Å². The van der Waals surface area contributed by atoms with Crippen LogP contribution in [0.2, 0.25) is 0 Å². The number of aliphatic hydroxyl groups is 1. The highest BCUT2D eigenvalue weighted by Gasteiger charge is 2.08. The van der Waals surface area contributed by atoms with Gasteiger partial charge >= 0.3 is 0 Å². The summed E-state index contributed by atoms with van der Waals surface area (Å²) in [5.74, 6) is -0.243. The number of allylic oxidation sites excluding steroid dienone is 1. The molecule has 0 unspecified atom stereocenters. The zero-order chi connectivity index (χ0) is 15.8. The van der Waals surface area contributed by atoms with Gasteiger partial charge in [0.25, 0.3) is 0 Å². The number of nitrogens with zero attached hydrogens (tertiary/aromatic N) is 1. The van der Waals surface area contributed by atoms with Crippen LogP contribution in [0.4, 0.5) is 10.1 Å². The Kier molecular flexibility index (Phi) is 6.87. The molecule has 0 aliphatic heterocycles. The molecule has 0 saturated heterocycles. The van der Waals surface area contributed by atoms with E-state index in [2.05, 4.69) is 11.4 Å². The summed E-state index contributed by atoms with van der Waals surface area (Å²) in [4.78, 5) is 1.74. The van der Waals surface area contributed by atoms with Crippen molar-refractivity contribution < 1.29 is 9.50 Å². The first-order valence-corrected chi connectivity index (χ1v) is 8.19. The van der Waals surface area contributed by atoms with Gasteiger partial charge in [-0.2, -0.15) is 0 Å². The van der Waals surface area contributed by atoms with Crippen molar-refractivity contribution in [3.8, 4) is 0 Å². The van der Waals surface area contributed by atoms with E-state index in [-0.39, 0.29) is 12.4 Å². The van der Waals surface area contributed by atoms with Gasteiger partial charge in [0.05, 0.1) is 12.3 Å². The van der Waals surface area contributed by atoms with E-state index in [1.54, 1.807) is 17.5 Å². The predicted octanol–water partition coefficient (Wildman–Crippen LogP) is 3.23. The van der Waals surface area contributed by atoms with Crippen molar-refractivity contribution in [1.29, 1.82) is 0 Å². The largest absolute Gasteiger partial charge is 0.395 e. The van der Waals surface area contributed by atoms with Crippen LogP contribution < -0.4 is 10.2 Å². The molecule has 0 radical (unpaired) electrons. The second-order valence-electron chi connectivity index (χ2n) is 5.97. The Labute approximate surface area is 132 Å². The van der Waals surface area contributed by atoms with Crippen LogP contribution in [-0.4, -0.2) is 31.9 Å². The molecule has 0 amide bonds. The van der Waals surface area contributed by atoms with E-state index in [9.17, 15) is 4.39 Å². The Hall–Kier alpha value is -1.39. The minimum Gasteiger partial charge on any atom is -0.395 e. The van der Waals surface area contributed by atoms with E-state index in [4.69, 9.17) is 5.11 Å². The quantitative estimate of drug-likeness (QED) is 0.572. The number of anilines is 1. The predicted molar refractivity (Wildman–Crippen MR) is 89.6 cm³/mol. The zero-order valence-corrected chi connectivity index (χ0v) is 13.4. The van der Waals surface area contributed by atoms with Crippen molar-refractivity contribution in [3.63, 3.8) is 0 Å². The van der Waals surface area contributed by atoms with Crippen LogP contribution in [0.15, 0.2) is 29.8 Å². The minimum absolute atomic E-state index is 0.0214. The Morgan fingerprint density at radius 3 is 2.91 bits per heavy atom. The first kappa shape index (κ1) is 17.0. The summed E-state index contributed by atoms with van der Waals surface area (Å²) in [6.07, 6.45) is 8.62. The maximum atomic E-state index is 13.8. The molecule has 2 rings (SSSR count). The second-order valence-corrected chi connectivity index (χ2v) is 5.97. The zero-order valence-electron chi connectivity index (χ0n) is 13.4. The lowest BCUT2D eigenvalue weighted by atomic mass is 9.97. The fourth-order valence-corrected chi connectivity index (χ4v) is 2.84. The lowest BCUT2D eigenvalue weighted by molar-refractivity contribution is 0.303. The third-order valence-electron chi connectivity index (χ3n) is 4.19. The Balaban J connectivity index is 1.82. The van der Waals surface area contributed by atoms with Crippen molar-refractivity contribution in [2.24, 2.45) is 0 Å². The molecular weight excluding hydrogens is 279 g/mol. The molecule has 3 nitrogen and oxygen atoms in total. The number of nitrogens with one attached hydrogen (secondary N) is 1. The topological polar surface area (TPSA) is 35.5 Å². The summed E-state index contributed by atoms with van der Waals surface area (Å²) in [6.45, 7) is 2.16. The Morgan fingerprint density at radius 1 is 1.32 bits per heavy atom. The molecular formula is C18H27FN2O. The van der Waals surface area contributed by atoms with Gasteiger partial charge in [-0.1, -0.05) is 17.7 Å². The van der Waals surface area contributed by atoms with Gasteiger partial charge in [-0.25, -0.2) is 4.39 Å². The van der Waals surface area contributed by atoms with Gasteiger partial charge in [0.1, 0.15) is 5.82 Å². The Morgan fingerprint density at radius 2 is 2.18 bits per heavy atom. The number of benzene rings is 1. The van der Waals surface area contributed by atoms with E-state index in [1.165, 1.54) is 31.7 Å². The molecule has 0 heterocycles. The average Bonchev–Trinajstić information content (AvgIpc) is 2.54. The van der Waals surface area contributed by atoms with E-state index in [0.29, 0.717) is 12.2 Å². The lowest BCUT2D eigenvalue weighted by Crippen LogP contribution is -2.23. The maximum Gasteiger partial charge on any atom is 0.146 e. The van der Waals surface area contributed by atoms with Crippen molar-refractivity contribution in [1.82, 2.24) is 5.32 Å². The van der Waals surface area contributed by atoms with Crippen LogP contribution in [0.1, 0.15) is 37.7 Å². The number of likely N-dealkylation sites (N-methyl/N-ethyl adjacent to an activating group) is 1. The molecule has 0 saturated carbocycles. The highest BCUT2D eigenvalue weighted by molar-refractivity contribution is 5.49. The molecule has 1 aliphatic carbocycles. The van der Waals surface area contributed by atoms with E-state index >= 15 is 0 Å². The van der Waals surface area contributed by atoms with Gasteiger partial charge < -0.3 is 15.3 Å². The molecule has 122 valence electrons. The van der Waals surface area contributed by atoms with E-state index in [0.717, 1.165) is 25.1 Å². The molecule has 1 aliphatic rings. The monoisotopic (exact) mass is 306 g/mol. The minimum atomic E-state index is -0.243. The second kappa shape index (κ2) is 8.91. The molecule has 22 heavy (non-hydrogen) atoms. The third-order valence-corrected chi connectivity index (χ3v) is 4.19. The SMILES string of the molecule is CN(CCO)c1cc(CNCCC2=CCCCC2)ccc1F. The molecule has 0 spiro atoms. The molecule has 4 heteroatoms. The smallest absolute Gasteiger partial charge is 0.146 e. The third kappa shape index (κ3) is 5.11. The lowest BCUT2D eigenvalue weighted by Gasteiger charge is -2.19. The van der Waals surface area contributed by atoms with Crippen LogP contribution in [-0.2, 0) is 6.54 Å². The summed E-state index contributed by atoms with van der Waals surface area (Å²) in [7, 11) is 1.79. The van der Waals surface area contributed by atoms with Crippen LogP contribution in [0, 0.1) is 5.82 Å². The van der Waals surface area contributed by atoms with Crippen LogP contribution in [0.5, 0.6) is 0 Å². The van der Waals surface area contributed by atoms with E-state index in [1.807, 2.05) is 12.1 Å². The maximum absolute atomic E-state index is 13.8. The fourth-order valence-electron chi connectivity index (χ4n) is 2.84. The van der Waals surface area contributed by atoms with Gasteiger partial charge in [0.15, 0.2) is 0 Å².